The summed E-state index contributed by atoms with van der Waals surface area (Å²) >= 11 is 0. The molecule has 0 radical (unpaired) electrons. The van der Waals surface area contributed by atoms with Gasteiger partial charge in [-0.3, -0.25) is 0 Å². The topological polar surface area (TPSA) is 12.0 Å². The molecule has 0 saturated carbocycles. The number of nitrogens with one attached hydrogen (secondary N) is 1. The summed E-state index contributed by atoms with van der Waals surface area (Å²) in [5.74, 6) is 0.822. The molecule has 0 spiro atoms. The van der Waals surface area contributed by atoms with Crippen molar-refractivity contribution in [2.75, 3.05) is 13.6 Å². The van der Waals surface area contributed by atoms with Gasteiger partial charge in [-0.25, -0.2) is 0 Å². The van der Waals surface area contributed by atoms with E-state index in [1.807, 2.05) is 7.05 Å². The lowest BCUT2D eigenvalue weighted by atomic mass is 9.98. The Kier molecular flexibility index (Phi) is 8.65. The van der Waals surface area contributed by atoms with Gasteiger partial charge in [-0.15, -0.1) is 0 Å². The fourth-order valence-corrected chi connectivity index (χ4v) is 1.49. The predicted octanol–water partition coefficient (Wildman–Crippen LogP) is 3.53. The SMILES string of the molecule is C/C=C\C(=C/C)CCC(C)CCNC. The van der Waals surface area contributed by atoms with Crippen LogP contribution in [0.25, 0.3) is 0 Å². The van der Waals surface area contributed by atoms with Crippen molar-refractivity contribution in [1.82, 2.24) is 5.32 Å². The van der Waals surface area contributed by atoms with Crippen LogP contribution in [0.1, 0.15) is 40.0 Å². The number of hydrogen-bond donors (Lipinski definition) is 1. The molecule has 0 bridgehead atoms. The average molecular weight is 195 g/mol. The molecule has 82 valence electrons. The molecule has 14 heavy (non-hydrogen) atoms. The highest BCUT2D eigenvalue weighted by Crippen LogP contribution is 2.15. The summed E-state index contributed by atoms with van der Waals surface area (Å²) < 4.78 is 0. The normalized spacial score (nSPS) is 15.0. The lowest BCUT2D eigenvalue weighted by molar-refractivity contribution is 0.482. The van der Waals surface area contributed by atoms with Crippen molar-refractivity contribution in [1.29, 1.82) is 0 Å². The molecular formula is C13H25N. The average Bonchev–Trinajstić information content (AvgIpc) is 2.21. The predicted molar refractivity (Wildman–Crippen MR) is 65.5 cm³/mol. The molecule has 0 heterocycles. The summed E-state index contributed by atoms with van der Waals surface area (Å²) in [5.41, 5.74) is 1.46. The maximum Gasteiger partial charge on any atom is -0.00494 e. The molecule has 1 nitrogen and oxygen atoms in total. The van der Waals surface area contributed by atoms with Crippen molar-refractivity contribution in [3.05, 3.63) is 23.8 Å². The molecule has 0 amide bonds. The number of allylic oxidation sites excluding steroid dienone is 4. The number of rotatable bonds is 7. The highest BCUT2D eigenvalue weighted by atomic mass is 14.8. The quantitative estimate of drug-likeness (QED) is 0.613. The minimum Gasteiger partial charge on any atom is -0.320 e. The standard InChI is InChI=1S/C13H25N/c1-5-7-13(6-2)9-8-12(3)10-11-14-4/h5-7,12,14H,8-11H2,1-4H3/b7-5-,13-6+. The highest BCUT2D eigenvalue weighted by Gasteiger charge is 2.01. The Labute approximate surface area is 89.3 Å². The zero-order valence-corrected chi connectivity index (χ0v) is 10.1. The second-order valence-electron chi connectivity index (χ2n) is 3.90. The van der Waals surface area contributed by atoms with Gasteiger partial charge in [-0.2, -0.15) is 0 Å². The van der Waals surface area contributed by atoms with Crippen molar-refractivity contribution in [3.63, 3.8) is 0 Å². The van der Waals surface area contributed by atoms with Crippen LogP contribution in [-0.4, -0.2) is 13.6 Å². The van der Waals surface area contributed by atoms with Gasteiger partial charge in [-0.1, -0.05) is 30.7 Å². The zero-order valence-electron chi connectivity index (χ0n) is 10.1. The molecule has 0 saturated heterocycles. The minimum atomic E-state index is 0.822. The van der Waals surface area contributed by atoms with Crippen LogP contribution < -0.4 is 5.32 Å². The van der Waals surface area contributed by atoms with E-state index in [1.165, 1.54) is 24.8 Å². The summed E-state index contributed by atoms with van der Waals surface area (Å²) in [6.07, 6.45) is 10.3. The van der Waals surface area contributed by atoms with Crippen LogP contribution in [0.2, 0.25) is 0 Å². The van der Waals surface area contributed by atoms with Gasteiger partial charge in [0, 0.05) is 0 Å². The van der Waals surface area contributed by atoms with Crippen LogP contribution in [-0.2, 0) is 0 Å². The summed E-state index contributed by atoms with van der Waals surface area (Å²) in [4.78, 5) is 0. The van der Waals surface area contributed by atoms with Gasteiger partial charge in [-0.05, 0) is 52.6 Å². The Morgan fingerprint density at radius 2 is 2.00 bits per heavy atom. The Hall–Kier alpha value is -0.560. The Morgan fingerprint density at radius 3 is 2.50 bits per heavy atom. The third-order valence-electron chi connectivity index (χ3n) is 2.56. The van der Waals surface area contributed by atoms with Crippen molar-refractivity contribution in [2.24, 2.45) is 5.92 Å². The third-order valence-corrected chi connectivity index (χ3v) is 2.56. The fourth-order valence-electron chi connectivity index (χ4n) is 1.49. The zero-order chi connectivity index (χ0) is 10.8. The van der Waals surface area contributed by atoms with Crippen LogP contribution in [0, 0.1) is 5.92 Å². The summed E-state index contributed by atoms with van der Waals surface area (Å²) in [6.45, 7) is 7.66. The smallest absolute Gasteiger partial charge is 0.00494 e. The molecule has 0 aromatic heterocycles. The van der Waals surface area contributed by atoms with Crippen LogP contribution in [0.5, 0.6) is 0 Å². The summed E-state index contributed by atoms with van der Waals surface area (Å²) in [6, 6.07) is 0. The van der Waals surface area contributed by atoms with E-state index in [2.05, 4.69) is 44.3 Å². The monoisotopic (exact) mass is 195 g/mol. The number of hydrogen-bond acceptors (Lipinski definition) is 1. The van der Waals surface area contributed by atoms with Gasteiger partial charge in [0.05, 0.1) is 0 Å². The molecule has 0 rings (SSSR count). The first-order chi connectivity index (χ1) is 6.74. The van der Waals surface area contributed by atoms with E-state index in [0.29, 0.717) is 0 Å². The molecule has 1 unspecified atom stereocenters. The molecule has 0 aliphatic carbocycles. The molecule has 1 heteroatoms. The van der Waals surface area contributed by atoms with Crippen molar-refractivity contribution >= 4 is 0 Å². The van der Waals surface area contributed by atoms with E-state index in [-0.39, 0.29) is 0 Å². The second kappa shape index (κ2) is 9.01. The lowest BCUT2D eigenvalue weighted by Gasteiger charge is -2.10. The van der Waals surface area contributed by atoms with E-state index in [0.717, 1.165) is 12.5 Å². The van der Waals surface area contributed by atoms with Crippen LogP contribution >= 0.6 is 0 Å². The van der Waals surface area contributed by atoms with Crippen molar-refractivity contribution in [3.8, 4) is 0 Å². The molecular weight excluding hydrogens is 170 g/mol. The maximum atomic E-state index is 3.20. The van der Waals surface area contributed by atoms with Crippen molar-refractivity contribution < 1.29 is 0 Å². The van der Waals surface area contributed by atoms with Gasteiger partial charge >= 0.3 is 0 Å². The molecule has 1 N–H and O–H groups in total. The van der Waals surface area contributed by atoms with Crippen LogP contribution in [0.4, 0.5) is 0 Å². The van der Waals surface area contributed by atoms with Gasteiger partial charge in [0.15, 0.2) is 0 Å². The molecule has 0 fully saturated rings. The van der Waals surface area contributed by atoms with E-state index in [4.69, 9.17) is 0 Å². The van der Waals surface area contributed by atoms with Gasteiger partial charge in [0.2, 0.25) is 0 Å². The molecule has 0 aliphatic heterocycles. The van der Waals surface area contributed by atoms with E-state index < -0.39 is 0 Å². The lowest BCUT2D eigenvalue weighted by Crippen LogP contribution is -2.11. The maximum absolute atomic E-state index is 3.20. The Balaban J connectivity index is 3.69. The van der Waals surface area contributed by atoms with Gasteiger partial charge < -0.3 is 5.32 Å². The largest absolute Gasteiger partial charge is 0.320 e. The summed E-state index contributed by atoms with van der Waals surface area (Å²) in [5, 5.41) is 3.20. The van der Waals surface area contributed by atoms with Crippen molar-refractivity contribution in [2.45, 2.75) is 40.0 Å². The van der Waals surface area contributed by atoms with E-state index in [9.17, 15) is 0 Å². The minimum absolute atomic E-state index is 0.822. The third kappa shape index (κ3) is 6.90. The molecule has 0 aliphatic rings. The molecule has 0 aromatic rings. The van der Waals surface area contributed by atoms with E-state index in [1.54, 1.807) is 0 Å². The summed E-state index contributed by atoms with van der Waals surface area (Å²) in [7, 11) is 2.02. The Morgan fingerprint density at radius 1 is 1.29 bits per heavy atom. The van der Waals surface area contributed by atoms with Crippen LogP contribution in [0.15, 0.2) is 23.8 Å². The van der Waals surface area contributed by atoms with Crippen LogP contribution in [0.3, 0.4) is 0 Å². The Bertz CT molecular complexity index is 180. The first kappa shape index (κ1) is 13.4. The second-order valence-corrected chi connectivity index (χ2v) is 3.90. The van der Waals surface area contributed by atoms with E-state index >= 15 is 0 Å². The first-order valence-electron chi connectivity index (χ1n) is 5.67. The highest BCUT2D eigenvalue weighted by molar-refractivity contribution is 5.16. The molecule has 0 aromatic carbocycles. The van der Waals surface area contributed by atoms with Gasteiger partial charge in [0.25, 0.3) is 0 Å². The molecule has 1 atom stereocenters. The first-order valence-corrected chi connectivity index (χ1v) is 5.67. The fraction of sp³-hybridized carbons (Fsp3) is 0.692. The van der Waals surface area contributed by atoms with Gasteiger partial charge in [0.1, 0.15) is 0 Å².